The number of hydrogen-bond donors (Lipinski definition) is 4. The molecule has 1 saturated heterocycles. The number of aliphatic hydroxyl groups excluding tert-OH is 1. The summed E-state index contributed by atoms with van der Waals surface area (Å²) >= 11 is 20.2. The average molecular weight is 1160 g/mol. The van der Waals surface area contributed by atoms with Crippen LogP contribution in [0.25, 0.3) is 0 Å². The summed E-state index contributed by atoms with van der Waals surface area (Å²) in [5.41, 5.74) is 1.27. The van der Waals surface area contributed by atoms with Crippen LogP contribution in [-0.4, -0.2) is 55.6 Å². The third kappa shape index (κ3) is 24.1. The largest absolute Gasteiger partial charge is 1.00 e. The first-order chi connectivity index (χ1) is 32.5. The zero-order valence-electron chi connectivity index (χ0n) is 38.3. The van der Waals surface area contributed by atoms with Gasteiger partial charge in [-0.3, -0.25) is 9.59 Å². The van der Waals surface area contributed by atoms with Crippen molar-refractivity contribution in [3.05, 3.63) is 198 Å². The van der Waals surface area contributed by atoms with Gasteiger partial charge in [-0.05, 0) is 127 Å². The van der Waals surface area contributed by atoms with Gasteiger partial charge < -0.3 is 15.8 Å². The van der Waals surface area contributed by atoms with E-state index in [-0.39, 0.29) is 71.1 Å². The van der Waals surface area contributed by atoms with Gasteiger partial charge in [0.1, 0.15) is 44.5 Å². The maximum absolute atomic E-state index is 12.8. The summed E-state index contributed by atoms with van der Waals surface area (Å²) < 4.78 is 111. The summed E-state index contributed by atoms with van der Waals surface area (Å²) in [4.78, 5) is 21.6. The van der Waals surface area contributed by atoms with Crippen molar-refractivity contribution in [2.45, 2.75) is 54.4 Å². The minimum atomic E-state index is -4.02. The van der Waals surface area contributed by atoms with Crippen LogP contribution in [0.3, 0.4) is 0 Å². The molecule has 7 rings (SSSR count). The first kappa shape index (κ1) is 65.1. The molecule has 24 heteroatoms. The number of halogens is 7. The van der Waals surface area contributed by atoms with E-state index in [0.717, 1.165) is 42.0 Å². The summed E-state index contributed by atoms with van der Waals surface area (Å²) in [6.45, 7) is 8.25. The standard InChI is InChI=1S/C13H11ClFNO3S.C13H9ClFNO3S.C7H6ClNO3S.C6H4BrF.C4H8O.C4H9.Li/c2*14-11-6-3-9(7-12(11)20(16,18)19)13(17)8-1-4-10(15)5-2-8;8-6-2-1-5(4-10)3-7(6)13(9,11)12;7-5-1-3-6(8)4-2-5;1-2-4-5-3-1;1-4(2)3;/h1-7,13,17H,(H2,16,18,19);1-7H,(H2,16,18,19);1-4H,(H2,9,11,12);1-4H;1-4H2;1-3H3;/q;;;;;-1;+1. The van der Waals surface area contributed by atoms with E-state index >= 15 is 0 Å². The maximum atomic E-state index is 12.8. The first-order valence-electron chi connectivity index (χ1n) is 20.0. The molecule has 0 saturated carbocycles. The topological polar surface area (TPSA) is 244 Å². The van der Waals surface area contributed by atoms with Gasteiger partial charge in [0.2, 0.25) is 30.1 Å². The Morgan fingerprint density at radius 2 is 0.958 bits per heavy atom. The quantitative estimate of drug-likeness (QED) is 0.0510. The number of aliphatic hydroxyl groups is 1. The van der Waals surface area contributed by atoms with Crippen molar-refractivity contribution in [1.82, 2.24) is 0 Å². The van der Waals surface area contributed by atoms with Crippen molar-refractivity contribution in [2.75, 3.05) is 13.2 Å². The molecule has 0 radical (unpaired) electrons. The molecule has 1 atom stereocenters. The van der Waals surface area contributed by atoms with Crippen LogP contribution in [0.4, 0.5) is 13.2 Å². The van der Waals surface area contributed by atoms with E-state index in [4.69, 9.17) is 55.0 Å². The van der Waals surface area contributed by atoms with Gasteiger partial charge in [-0.1, -0.05) is 75.0 Å². The van der Waals surface area contributed by atoms with E-state index < -0.39 is 53.6 Å². The fourth-order valence-electron chi connectivity index (χ4n) is 5.13. The van der Waals surface area contributed by atoms with Gasteiger partial charge in [-0.15, -0.1) is 0 Å². The minimum Gasteiger partial charge on any atom is -0.384 e. The fourth-order valence-corrected chi connectivity index (χ4v) is 8.62. The Labute approximate surface area is 447 Å². The molecule has 1 unspecified atom stereocenters. The van der Waals surface area contributed by atoms with Crippen molar-refractivity contribution in [1.29, 1.82) is 0 Å². The second-order valence-electron chi connectivity index (χ2n) is 14.8. The molecule has 0 aromatic heterocycles. The summed E-state index contributed by atoms with van der Waals surface area (Å²) in [7, 11) is -11.9. The molecule has 1 heterocycles. The van der Waals surface area contributed by atoms with E-state index in [0.29, 0.717) is 17.4 Å². The molecule has 6 aromatic rings. The van der Waals surface area contributed by atoms with Gasteiger partial charge >= 0.3 is 18.9 Å². The second kappa shape index (κ2) is 30.9. The third-order valence-electron chi connectivity index (χ3n) is 8.40. The predicted octanol–water partition coefficient (Wildman–Crippen LogP) is 7.38. The van der Waals surface area contributed by atoms with Crippen LogP contribution in [0.5, 0.6) is 0 Å². The van der Waals surface area contributed by atoms with Crippen LogP contribution >= 0.6 is 50.7 Å². The molecule has 6 aromatic carbocycles. The number of ketones is 1. The molecule has 0 aliphatic carbocycles. The third-order valence-corrected chi connectivity index (χ3v) is 13.1. The van der Waals surface area contributed by atoms with Gasteiger partial charge in [-0.25, -0.2) is 53.8 Å². The predicted molar refractivity (Wildman–Crippen MR) is 269 cm³/mol. The van der Waals surface area contributed by atoms with Crippen LogP contribution in [0.15, 0.2) is 147 Å². The zero-order valence-corrected chi connectivity index (χ0v) is 44.6. The van der Waals surface area contributed by atoms with Crippen molar-refractivity contribution in [3.8, 4) is 0 Å². The minimum absolute atomic E-state index is 0. The average Bonchev–Trinajstić information content (AvgIpc) is 3.88. The van der Waals surface area contributed by atoms with Crippen LogP contribution in [0.2, 0.25) is 15.1 Å². The van der Waals surface area contributed by atoms with Crippen LogP contribution in [-0.2, 0) is 34.8 Å². The molecule has 378 valence electrons. The Kier molecular flexibility index (Phi) is 28.3. The Morgan fingerprint density at radius 1 is 0.606 bits per heavy atom. The summed E-state index contributed by atoms with van der Waals surface area (Å²) in [6.07, 6.45) is 1.97. The summed E-state index contributed by atoms with van der Waals surface area (Å²) in [6, 6.07) is 27.9. The molecule has 0 amide bonds. The van der Waals surface area contributed by atoms with E-state index in [1.807, 2.05) is 0 Å². The van der Waals surface area contributed by atoms with Crippen molar-refractivity contribution >= 4 is 92.9 Å². The first-order valence-corrected chi connectivity index (χ1v) is 26.5. The normalized spacial score (nSPS) is 12.2. The maximum Gasteiger partial charge on any atom is 1.00 e. The van der Waals surface area contributed by atoms with Crippen molar-refractivity contribution in [3.63, 3.8) is 0 Å². The number of nitrogens with two attached hydrogens (primary N) is 3. The molecular weight excluding hydrogens is 1110 g/mol. The van der Waals surface area contributed by atoms with Gasteiger partial charge in [0.05, 0.1) is 15.1 Å². The van der Waals surface area contributed by atoms with Crippen molar-refractivity contribution < 1.29 is 76.7 Å². The van der Waals surface area contributed by atoms with Gasteiger partial charge in [0.15, 0.2) is 5.78 Å². The number of benzene rings is 6. The number of ether oxygens (including phenoxy) is 1. The molecule has 71 heavy (non-hydrogen) atoms. The van der Waals surface area contributed by atoms with Crippen LogP contribution < -0.4 is 34.3 Å². The SMILES string of the molecule is C1CCOC1.C[C-](C)C.Fc1ccc(Br)cc1.NS(=O)(=O)c1cc(C(=O)c2ccc(F)cc2)ccc1Cl.NS(=O)(=O)c1cc(C(O)c2ccc(F)cc2)ccc1Cl.NS(=O)(=O)c1cc(C=O)ccc1Cl.[Li+]. The molecule has 0 bridgehead atoms. The Bertz CT molecular complexity index is 2990. The number of rotatable bonds is 8. The number of carbonyl (C=O) groups is 2. The number of primary sulfonamides is 3. The smallest absolute Gasteiger partial charge is 0.384 e. The fraction of sp³-hybridized carbons (Fsp3) is 0.170. The van der Waals surface area contributed by atoms with E-state index in [1.165, 1.54) is 110 Å². The van der Waals surface area contributed by atoms with Crippen molar-refractivity contribution in [2.24, 2.45) is 15.4 Å². The molecule has 1 fully saturated rings. The molecule has 0 spiro atoms. The molecule has 1 aliphatic heterocycles. The van der Waals surface area contributed by atoms with E-state index in [9.17, 15) is 53.1 Å². The summed E-state index contributed by atoms with van der Waals surface area (Å²) in [5, 5.41) is 25.0. The van der Waals surface area contributed by atoms with Crippen LogP contribution in [0.1, 0.15) is 77.1 Å². The zero-order chi connectivity index (χ0) is 53.0. The molecule has 13 nitrogen and oxygen atoms in total. The molecule has 1 aliphatic rings. The molecule has 7 N–H and O–H groups in total. The number of aldehydes is 1. The van der Waals surface area contributed by atoms with Gasteiger partial charge in [0.25, 0.3) is 0 Å². The Morgan fingerprint density at radius 3 is 1.35 bits per heavy atom. The Hall–Kier alpha value is -3.95. The second-order valence-corrected chi connectivity index (χ2v) is 21.6. The van der Waals surface area contributed by atoms with E-state index in [1.54, 1.807) is 12.1 Å². The van der Waals surface area contributed by atoms with Crippen LogP contribution in [0, 0.1) is 23.4 Å². The number of hydrogen-bond acceptors (Lipinski definition) is 10. The van der Waals surface area contributed by atoms with Gasteiger partial charge in [0, 0.05) is 34.4 Å². The van der Waals surface area contributed by atoms with Gasteiger partial charge in [-0.2, -0.15) is 20.8 Å². The number of sulfonamides is 3. The summed E-state index contributed by atoms with van der Waals surface area (Å²) in [5.74, 6) is -0.134. The Balaban J connectivity index is 0.000000460. The monoisotopic (exact) mass is 1160 g/mol. The molecular formula is C47H47BrCl3F3LiN3O10S3. The van der Waals surface area contributed by atoms with E-state index in [2.05, 4.69) is 36.7 Å². The number of carbonyl (C=O) groups excluding carboxylic acids is 2.